The van der Waals surface area contributed by atoms with E-state index in [2.05, 4.69) is 34.9 Å². The molecule has 0 heterocycles. The second-order valence-electron chi connectivity index (χ2n) is 6.65. The van der Waals surface area contributed by atoms with Crippen molar-refractivity contribution in [1.29, 1.82) is 0 Å². The smallest absolute Gasteiger partial charge is 0.339 e. The summed E-state index contributed by atoms with van der Waals surface area (Å²) in [5.74, 6) is -0.427. The van der Waals surface area contributed by atoms with Gasteiger partial charge in [0.25, 0.3) is 0 Å². The molecule has 27 heavy (non-hydrogen) atoms. The van der Waals surface area contributed by atoms with Gasteiger partial charge in [0.15, 0.2) is 5.11 Å². The highest BCUT2D eigenvalue weighted by Crippen LogP contribution is 2.38. The number of thiocarbonyl (C=S) groups is 1. The van der Waals surface area contributed by atoms with Crippen LogP contribution in [0.25, 0.3) is 0 Å². The fourth-order valence-electron chi connectivity index (χ4n) is 3.57. The van der Waals surface area contributed by atoms with Crippen molar-refractivity contribution in [3.63, 3.8) is 0 Å². The number of nitrogens with one attached hydrogen (secondary N) is 2. The number of esters is 1. The first kappa shape index (κ1) is 19.6. The Balaban J connectivity index is 1.72. The number of carbonyl (C=O) groups excluding carboxylic acids is 1. The van der Waals surface area contributed by atoms with E-state index in [4.69, 9.17) is 28.6 Å². The summed E-state index contributed by atoms with van der Waals surface area (Å²) >= 11 is 11.8. The third kappa shape index (κ3) is 4.60. The maximum absolute atomic E-state index is 11.9. The molecule has 6 heteroatoms. The molecule has 0 amide bonds. The lowest BCUT2D eigenvalue weighted by atomic mass is 9.88. The van der Waals surface area contributed by atoms with E-state index in [0.717, 1.165) is 18.5 Å². The van der Waals surface area contributed by atoms with Gasteiger partial charge in [-0.25, -0.2) is 4.79 Å². The van der Waals surface area contributed by atoms with E-state index in [1.165, 1.54) is 18.4 Å². The van der Waals surface area contributed by atoms with Crippen LogP contribution in [0, 0.1) is 0 Å². The molecule has 2 aromatic rings. The highest BCUT2D eigenvalue weighted by atomic mass is 35.5. The first-order valence-corrected chi connectivity index (χ1v) is 9.94. The summed E-state index contributed by atoms with van der Waals surface area (Å²) < 4.78 is 5.00. The number of halogens is 1. The molecule has 0 unspecified atom stereocenters. The summed E-state index contributed by atoms with van der Waals surface area (Å²) in [6.07, 6.45) is 4.43. The van der Waals surface area contributed by atoms with Crippen LogP contribution in [0.2, 0.25) is 5.02 Å². The van der Waals surface area contributed by atoms with Crippen molar-refractivity contribution in [3.8, 4) is 0 Å². The summed E-state index contributed by atoms with van der Waals surface area (Å²) in [4.78, 5) is 11.9. The maximum Gasteiger partial charge on any atom is 0.339 e. The Hall–Kier alpha value is -2.11. The predicted octanol–water partition coefficient (Wildman–Crippen LogP) is 5.27. The molecule has 2 aromatic carbocycles. The molecule has 0 saturated heterocycles. The summed E-state index contributed by atoms with van der Waals surface area (Å²) in [7, 11) is 0. The number of carbonyl (C=O) groups is 1. The van der Waals surface area contributed by atoms with Gasteiger partial charge in [0.05, 0.1) is 22.7 Å². The quantitative estimate of drug-likeness (QED) is 0.526. The lowest BCUT2D eigenvalue weighted by Gasteiger charge is -2.32. The van der Waals surface area contributed by atoms with Crippen LogP contribution in [0.1, 0.15) is 48.5 Å². The van der Waals surface area contributed by atoms with Crippen LogP contribution < -0.4 is 10.6 Å². The first-order chi connectivity index (χ1) is 13.0. The molecule has 0 radical (unpaired) electrons. The first-order valence-electron chi connectivity index (χ1n) is 9.15. The maximum atomic E-state index is 11.9. The molecule has 142 valence electrons. The minimum Gasteiger partial charge on any atom is -0.462 e. The van der Waals surface area contributed by atoms with Crippen molar-refractivity contribution in [2.75, 3.05) is 11.9 Å². The van der Waals surface area contributed by atoms with Gasteiger partial charge in [-0.15, -0.1) is 0 Å². The Morgan fingerprint density at radius 3 is 2.52 bits per heavy atom. The zero-order chi connectivity index (χ0) is 19.3. The van der Waals surface area contributed by atoms with E-state index in [9.17, 15) is 4.79 Å². The van der Waals surface area contributed by atoms with Crippen molar-refractivity contribution < 1.29 is 9.53 Å². The fraction of sp³-hybridized carbons (Fsp3) is 0.333. The molecular formula is C21H23ClN2O2S. The molecule has 0 spiro atoms. The van der Waals surface area contributed by atoms with Crippen LogP contribution in [-0.2, 0) is 10.3 Å². The Bertz CT molecular complexity index is 820. The molecule has 1 fully saturated rings. The van der Waals surface area contributed by atoms with Gasteiger partial charge >= 0.3 is 5.97 Å². The molecule has 0 bridgehead atoms. The largest absolute Gasteiger partial charge is 0.462 e. The number of hydrogen-bond donors (Lipinski definition) is 2. The van der Waals surface area contributed by atoms with Crippen LogP contribution in [-0.4, -0.2) is 17.7 Å². The lowest BCUT2D eigenvalue weighted by molar-refractivity contribution is 0.0526. The average molecular weight is 403 g/mol. The van der Waals surface area contributed by atoms with Gasteiger partial charge < -0.3 is 15.4 Å². The molecule has 2 N–H and O–H groups in total. The second kappa shape index (κ2) is 8.72. The Morgan fingerprint density at radius 2 is 1.89 bits per heavy atom. The van der Waals surface area contributed by atoms with Gasteiger partial charge in [0.1, 0.15) is 0 Å². The summed E-state index contributed by atoms with van der Waals surface area (Å²) in [6.45, 7) is 2.07. The Morgan fingerprint density at radius 1 is 1.19 bits per heavy atom. The number of hydrogen-bond acceptors (Lipinski definition) is 3. The van der Waals surface area contributed by atoms with Crippen molar-refractivity contribution in [2.24, 2.45) is 0 Å². The minimum atomic E-state index is -0.427. The summed E-state index contributed by atoms with van der Waals surface area (Å²) in [6, 6.07) is 15.5. The fourth-order valence-corrected chi connectivity index (χ4v) is 4.14. The van der Waals surface area contributed by atoms with Crippen molar-refractivity contribution in [3.05, 3.63) is 64.7 Å². The van der Waals surface area contributed by atoms with Crippen molar-refractivity contribution >= 4 is 40.6 Å². The van der Waals surface area contributed by atoms with Gasteiger partial charge in [-0.2, -0.15) is 0 Å². The third-order valence-corrected chi connectivity index (χ3v) is 5.38. The molecule has 0 atom stereocenters. The van der Waals surface area contributed by atoms with Crippen molar-refractivity contribution in [1.82, 2.24) is 5.32 Å². The number of rotatable bonds is 5. The van der Waals surface area contributed by atoms with E-state index >= 15 is 0 Å². The third-order valence-electron chi connectivity index (χ3n) is 4.86. The molecule has 0 aromatic heterocycles. The van der Waals surface area contributed by atoms with Crippen LogP contribution in [0.15, 0.2) is 48.5 Å². The van der Waals surface area contributed by atoms with Crippen LogP contribution in [0.3, 0.4) is 0 Å². The van der Waals surface area contributed by atoms with E-state index in [1.807, 2.05) is 6.07 Å². The molecule has 0 aliphatic heterocycles. The van der Waals surface area contributed by atoms with Gasteiger partial charge in [0.2, 0.25) is 0 Å². The Kier molecular flexibility index (Phi) is 6.34. The summed E-state index contributed by atoms with van der Waals surface area (Å²) in [5, 5.41) is 7.58. The highest BCUT2D eigenvalue weighted by molar-refractivity contribution is 7.80. The molecule has 1 aliphatic carbocycles. The zero-order valence-electron chi connectivity index (χ0n) is 15.3. The van der Waals surface area contributed by atoms with Crippen LogP contribution in [0.4, 0.5) is 5.69 Å². The number of anilines is 1. The van der Waals surface area contributed by atoms with Gasteiger partial charge in [-0.3, -0.25) is 0 Å². The van der Waals surface area contributed by atoms with Gasteiger partial charge in [-0.1, -0.05) is 54.8 Å². The van der Waals surface area contributed by atoms with Crippen LogP contribution >= 0.6 is 23.8 Å². The van der Waals surface area contributed by atoms with E-state index in [1.54, 1.807) is 25.1 Å². The normalized spacial score (nSPS) is 15.2. The van der Waals surface area contributed by atoms with Gasteiger partial charge in [0, 0.05) is 5.69 Å². The SMILES string of the molecule is CCOC(=O)c1ccc(NC(=S)NC2(c3ccccc3)CCCC2)cc1Cl. The van der Waals surface area contributed by atoms with Crippen molar-refractivity contribution in [2.45, 2.75) is 38.1 Å². The standard InChI is InChI=1S/C21H23ClN2O2S/c1-2-26-19(25)17-11-10-16(14-18(17)22)23-20(27)24-21(12-6-7-13-21)15-8-4-3-5-9-15/h3-5,8-11,14H,2,6-7,12-13H2,1H3,(H2,23,24,27). The molecule has 1 aliphatic rings. The molecule has 4 nitrogen and oxygen atoms in total. The average Bonchev–Trinajstić information content (AvgIpc) is 3.12. The molecule has 1 saturated carbocycles. The monoisotopic (exact) mass is 402 g/mol. The number of benzene rings is 2. The lowest BCUT2D eigenvalue weighted by Crippen LogP contribution is -2.45. The van der Waals surface area contributed by atoms with E-state index in [-0.39, 0.29) is 5.54 Å². The van der Waals surface area contributed by atoms with E-state index < -0.39 is 5.97 Å². The zero-order valence-corrected chi connectivity index (χ0v) is 16.8. The molecule has 3 rings (SSSR count). The topological polar surface area (TPSA) is 50.4 Å². The van der Waals surface area contributed by atoms with Gasteiger partial charge in [-0.05, 0) is 55.7 Å². The highest BCUT2D eigenvalue weighted by Gasteiger charge is 2.36. The summed E-state index contributed by atoms with van der Waals surface area (Å²) in [5.41, 5.74) is 2.19. The van der Waals surface area contributed by atoms with E-state index in [0.29, 0.717) is 22.3 Å². The Labute approximate surface area is 170 Å². The number of ether oxygens (including phenoxy) is 1. The predicted molar refractivity (Wildman–Crippen MR) is 113 cm³/mol. The van der Waals surface area contributed by atoms with Crippen LogP contribution in [0.5, 0.6) is 0 Å². The molecular weight excluding hydrogens is 380 g/mol. The minimum absolute atomic E-state index is 0.139. The second-order valence-corrected chi connectivity index (χ2v) is 7.46.